The number of rotatable bonds is 6. The monoisotopic (exact) mass is 257 g/mol. The molecule has 5 nitrogen and oxygen atoms in total. The van der Waals surface area contributed by atoms with Crippen LogP contribution in [0.1, 0.15) is 17.0 Å². The van der Waals surface area contributed by atoms with Crippen molar-refractivity contribution in [1.29, 1.82) is 0 Å². The summed E-state index contributed by atoms with van der Waals surface area (Å²) in [6.45, 7) is -0.802. The third kappa shape index (κ3) is 2.70. The zero-order valence-corrected chi connectivity index (χ0v) is 10.3. The van der Waals surface area contributed by atoms with Crippen LogP contribution in [0.3, 0.4) is 0 Å². The van der Waals surface area contributed by atoms with Gasteiger partial charge in [-0.3, -0.25) is 4.79 Å². The van der Waals surface area contributed by atoms with Crippen LogP contribution in [0.2, 0.25) is 0 Å². The van der Waals surface area contributed by atoms with Crippen molar-refractivity contribution in [1.82, 2.24) is 0 Å². The standard InChI is InChI=1S/C12H16FNO4/c1-17-10-4-8(9(6-14)12(15)16)11(18-2)3-7(10)5-13/h3-4,9H,5-6,14H2,1-2H3,(H,15,16). The third-order valence-electron chi connectivity index (χ3n) is 2.69. The van der Waals surface area contributed by atoms with Gasteiger partial charge in [0.05, 0.1) is 20.1 Å². The lowest BCUT2D eigenvalue weighted by molar-refractivity contribution is -0.138. The molecule has 0 bridgehead atoms. The Morgan fingerprint density at radius 2 is 2.00 bits per heavy atom. The Morgan fingerprint density at radius 1 is 1.39 bits per heavy atom. The van der Waals surface area contributed by atoms with Gasteiger partial charge >= 0.3 is 5.97 Å². The molecule has 0 aliphatic carbocycles. The number of halogens is 1. The Hall–Kier alpha value is -1.82. The molecule has 0 amide bonds. The summed E-state index contributed by atoms with van der Waals surface area (Å²) in [4.78, 5) is 11.1. The maximum atomic E-state index is 12.8. The first-order valence-corrected chi connectivity index (χ1v) is 5.32. The molecule has 0 aliphatic heterocycles. The van der Waals surface area contributed by atoms with Crippen molar-refractivity contribution >= 4 is 5.97 Å². The van der Waals surface area contributed by atoms with Gasteiger partial charge in [-0.25, -0.2) is 4.39 Å². The number of hydrogen-bond acceptors (Lipinski definition) is 4. The van der Waals surface area contributed by atoms with Gasteiger partial charge < -0.3 is 20.3 Å². The smallest absolute Gasteiger partial charge is 0.312 e. The van der Waals surface area contributed by atoms with E-state index in [0.29, 0.717) is 16.9 Å². The lowest BCUT2D eigenvalue weighted by Crippen LogP contribution is -2.22. The first-order valence-electron chi connectivity index (χ1n) is 5.32. The molecule has 1 rings (SSSR count). The van der Waals surface area contributed by atoms with Crippen molar-refractivity contribution in [3.8, 4) is 11.5 Å². The van der Waals surface area contributed by atoms with E-state index in [-0.39, 0.29) is 12.3 Å². The molecule has 1 atom stereocenters. The summed E-state index contributed by atoms with van der Waals surface area (Å²) in [5.74, 6) is -1.40. The number of methoxy groups -OCH3 is 2. The van der Waals surface area contributed by atoms with E-state index >= 15 is 0 Å². The Bertz CT molecular complexity index is 436. The zero-order valence-electron chi connectivity index (χ0n) is 10.3. The number of carboxylic acid groups (broad SMARTS) is 1. The first kappa shape index (κ1) is 14.2. The SMILES string of the molecule is COc1cc(C(CN)C(=O)O)c(OC)cc1CF. The highest BCUT2D eigenvalue weighted by molar-refractivity contribution is 5.78. The average Bonchev–Trinajstić information content (AvgIpc) is 2.38. The van der Waals surface area contributed by atoms with Gasteiger partial charge in [-0.15, -0.1) is 0 Å². The summed E-state index contributed by atoms with van der Waals surface area (Å²) >= 11 is 0. The summed E-state index contributed by atoms with van der Waals surface area (Å²) in [5.41, 5.74) is 6.12. The van der Waals surface area contributed by atoms with Gasteiger partial charge in [-0.1, -0.05) is 0 Å². The second-order valence-corrected chi connectivity index (χ2v) is 3.67. The quantitative estimate of drug-likeness (QED) is 0.802. The molecular formula is C12H16FNO4. The number of carbonyl (C=O) groups is 1. The number of aliphatic carboxylic acids is 1. The van der Waals surface area contributed by atoms with Crippen molar-refractivity contribution in [3.05, 3.63) is 23.3 Å². The molecule has 0 aromatic heterocycles. The van der Waals surface area contributed by atoms with Crippen LogP contribution in [0.15, 0.2) is 12.1 Å². The fraction of sp³-hybridized carbons (Fsp3) is 0.417. The average molecular weight is 257 g/mol. The number of carboxylic acids is 1. The number of ether oxygens (including phenoxy) is 2. The van der Waals surface area contributed by atoms with Gasteiger partial charge in [0.25, 0.3) is 0 Å². The molecule has 0 saturated heterocycles. The van der Waals surface area contributed by atoms with Crippen molar-refractivity contribution in [3.63, 3.8) is 0 Å². The molecule has 3 N–H and O–H groups in total. The molecule has 100 valence electrons. The van der Waals surface area contributed by atoms with Crippen LogP contribution in [0, 0.1) is 0 Å². The van der Waals surface area contributed by atoms with Crippen molar-refractivity contribution in [2.75, 3.05) is 20.8 Å². The summed E-state index contributed by atoms with van der Waals surface area (Å²) in [5, 5.41) is 9.09. The minimum Gasteiger partial charge on any atom is -0.496 e. The molecule has 0 heterocycles. The number of alkyl halides is 1. The first-order chi connectivity index (χ1) is 8.58. The second-order valence-electron chi connectivity index (χ2n) is 3.67. The molecule has 0 saturated carbocycles. The maximum absolute atomic E-state index is 12.8. The van der Waals surface area contributed by atoms with Crippen LogP contribution in [0.4, 0.5) is 4.39 Å². The molecule has 0 spiro atoms. The normalized spacial score (nSPS) is 12.0. The molecule has 0 fully saturated rings. The highest BCUT2D eigenvalue weighted by atomic mass is 19.1. The molecular weight excluding hydrogens is 241 g/mol. The van der Waals surface area contributed by atoms with E-state index in [2.05, 4.69) is 0 Å². The number of benzene rings is 1. The molecule has 1 aromatic carbocycles. The van der Waals surface area contributed by atoms with E-state index in [1.54, 1.807) is 0 Å². The fourth-order valence-electron chi connectivity index (χ4n) is 1.72. The highest BCUT2D eigenvalue weighted by Crippen LogP contribution is 2.34. The van der Waals surface area contributed by atoms with E-state index in [1.807, 2.05) is 0 Å². The largest absolute Gasteiger partial charge is 0.496 e. The van der Waals surface area contributed by atoms with Crippen LogP contribution in [-0.4, -0.2) is 31.8 Å². The van der Waals surface area contributed by atoms with E-state index in [9.17, 15) is 9.18 Å². The van der Waals surface area contributed by atoms with Crippen molar-refractivity contribution in [2.24, 2.45) is 5.73 Å². The molecule has 0 radical (unpaired) electrons. The van der Waals surface area contributed by atoms with Gasteiger partial charge in [0.1, 0.15) is 18.2 Å². The molecule has 1 unspecified atom stereocenters. The topological polar surface area (TPSA) is 81.8 Å². The van der Waals surface area contributed by atoms with Gasteiger partial charge in [-0.05, 0) is 12.1 Å². The highest BCUT2D eigenvalue weighted by Gasteiger charge is 2.24. The minimum absolute atomic E-state index is 0.0795. The number of nitrogens with two attached hydrogens (primary N) is 1. The minimum atomic E-state index is -1.06. The second kappa shape index (κ2) is 6.20. The lowest BCUT2D eigenvalue weighted by Gasteiger charge is -2.17. The predicted octanol–water partition coefficient (Wildman–Crippen LogP) is 1.30. The van der Waals surface area contributed by atoms with Crippen LogP contribution in [-0.2, 0) is 11.5 Å². The Kier molecular flexibility index (Phi) is 4.91. The predicted molar refractivity (Wildman–Crippen MR) is 63.8 cm³/mol. The van der Waals surface area contributed by atoms with Crippen molar-refractivity contribution in [2.45, 2.75) is 12.6 Å². The summed E-state index contributed by atoms with van der Waals surface area (Å²) < 4.78 is 22.9. The fourth-order valence-corrected chi connectivity index (χ4v) is 1.72. The van der Waals surface area contributed by atoms with Crippen LogP contribution in [0.5, 0.6) is 11.5 Å². The Morgan fingerprint density at radius 3 is 2.39 bits per heavy atom. The van der Waals surface area contributed by atoms with Gasteiger partial charge in [0.15, 0.2) is 0 Å². The molecule has 1 aromatic rings. The third-order valence-corrected chi connectivity index (χ3v) is 2.69. The summed E-state index contributed by atoms with van der Waals surface area (Å²) in [7, 11) is 2.78. The zero-order chi connectivity index (χ0) is 13.7. The molecule has 18 heavy (non-hydrogen) atoms. The van der Waals surface area contributed by atoms with Gasteiger partial charge in [0.2, 0.25) is 0 Å². The lowest BCUT2D eigenvalue weighted by atomic mass is 9.96. The van der Waals surface area contributed by atoms with Crippen LogP contribution in [0.25, 0.3) is 0 Å². The van der Waals surface area contributed by atoms with E-state index in [1.165, 1.54) is 26.4 Å². The maximum Gasteiger partial charge on any atom is 0.312 e. The molecule has 6 heteroatoms. The van der Waals surface area contributed by atoms with E-state index in [4.69, 9.17) is 20.3 Å². The Balaban J connectivity index is 3.36. The van der Waals surface area contributed by atoms with E-state index in [0.717, 1.165) is 0 Å². The van der Waals surface area contributed by atoms with Crippen molar-refractivity contribution < 1.29 is 23.8 Å². The van der Waals surface area contributed by atoms with Gasteiger partial charge in [0, 0.05) is 17.7 Å². The van der Waals surface area contributed by atoms with Gasteiger partial charge in [-0.2, -0.15) is 0 Å². The summed E-state index contributed by atoms with van der Waals surface area (Å²) in [6.07, 6.45) is 0. The number of hydrogen-bond donors (Lipinski definition) is 2. The van der Waals surface area contributed by atoms with Crippen LogP contribution < -0.4 is 15.2 Å². The van der Waals surface area contributed by atoms with Crippen LogP contribution >= 0.6 is 0 Å². The summed E-state index contributed by atoms with van der Waals surface area (Å²) in [6, 6.07) is 2.89. The Labute approximate surface area is 104 Å². The van der Waals surface area contributed by atoms with E-state index < -0.39 is 18.6 Å². The molecule has 0 aliphatic rings.